The normalized spacial score (nSPS) is 10.8. The molecule has 0 radical (unpaired) electrons. The smallest absolute Gasteiger partial charge is 0.329 e. The number of carbonyl (C=O) groups excluding carboxylic acids is 1. The Labute approximate surface area is 126 Å². The van der Waals surface area contributed by atoms with Gasteiger partial charge in [-0.1, -0.05) is 36.4 Å². The molecule has 5 heteroatoms. The van der Waals surface area contributed by atoms with Crippen molar-refractivity contribution in [2.24, 2.45) is 0 Å². The van der Waals surface area contributed by atoms with Crippen LogP contribution < -0.4 is 4.43 Å². The summed E-state index contributed by atoms with van der Waals surface area (Å²) in [5.74, 6) is -0.458. The molecule has 0 aliphatic carbocycles. The van der Waals surface area contributed by atoms with Gasteiger partial charge >= 0.3 is 5.69 Å². The Balaban J connectivity index is 2.34. The number of aromatic nitrogens is 2. The van der Waals surface area contributed by atoms with Gasteiger partial charge in [0.2, 0.25) is 0 Å². The second-order valence-electron chi connectivity index (χ2n) is 5.21. The van der Waals surface area contributed by atoms with Crippen LogP contribution in [0.25, 0.3) is 11.0 Å². The largest absolute Gasteiger partial charge is 0.805 e. The van der Waals surface area contributed by atoms with Crippen LogP contribution in [0.4, 0.5) is 0 Å². The number of hydrogen-bond acceptors (Lipinski definition) is 3. The van der Waals surface area contributed by atoms with E-state index in [1.807, 2.05) is 6.92 Å². The molecule has 0 fully saturated rings. The molecule has 0 aliphatic rings. The monoisotopic (exact) mass is 294 g/mol. The quantitative estimate of drug-likeness (QED) is 0.539. The predicted molar refractivity (Wildman–Crippen MR) is 83.4 cm³/mol. The summed E-state index contributed by atoms with van der Waals surface area (Å²) in [6.07, 6.45) is 0. The van der Waals surface area contributed by atoms with Gasteiger partial charge in [0.1, 0.15) is 5.52 Å². The maximum absolute atomic E-state index is 12.6. The molecular formula is C17H14N2O3. The Kier molecular flexibility index (Phi) is 3.25. The molecule has 0 saturated heterocycles. The molecule has 0 spiro atoms. The van der Waals surface area contributed by atoms with Crippen molar-refractivity contribution < 1.29 is 9.22 Å². The average Bonchev–Trinajstić information content (AvgIpc) is 2.53. The molecule has 22 heavy (non-hydrogen) atoms. The third-order valence-electron chi connectivity index (χ3n) is 3.67. The number of hydrogen-bond donors (Lipinski definition) is 0. The van der Waals surface area contributed by atoms with Crippen LogP contribution in [0.3, 0.4) is 0 Å². The van der Waals surface area contributed by atoms with Gasteiger partial charge in [-0.15, -0.1) is 0 Å². The first kappa shape index (κ1) is 14.0. The van der Waals surface area contributed by atoms with Crippen LogP contribution in [0.5, 0.6) is 0 Å². The summed E-state index contributed by atoms with van der Waals surface area (Å²) in [5, 5.41) is 12.4. The third-order valence-corrected chi connectivity index (χ3v) is 3.67. The maximum atomic E-state index is 12.6. The Bertz CT molecular complexity index is 944. The molecule has 0 unspecified atom stereocenters. The van der Waals surface area contributed by atoms with Crippen LogP contribution in [0, 0.1) is 24.0 Å². The van der Waals surface area contributed by atoms with E-state index in [1.54, 1.807) is 48.5 Å². The van der Waals surface area contributed by atoms with Crippen LogP contribution in [-0.2, 0) is 0 Å². The van der Waals surface area contributed by atoms with E-state index in [0.29, 0.717) is 14.7 Å². The fraction of sp³-hybridized carbons (Fsp3) is 0.118. The van der Waals surface area contributed by atoms with Crippen LogP contribution in [0.1, 0.15) is 27.3 Å². The molecule has 2 aromatic carbocycles. The Morgan fingerprint density at radius 3 is 2.45 bits per heavy atom. The highest BCUT2D eigenvalue weighted by Crippen LogP contribution is 2.17. The van der Waals surface area contributed by atoms with Crippen molar-refractivity contribution in [1.82, 2.24) is 4.73 Å². The number of fused-ring (bicyclic) bond motifs is 1. The number of nitrogens with zero attached hydrogens (tertiary/aromatic N) is 2. The van der Waals surface area contributed by atoms with Gasteiger partial charge in [0, 0.05) is 16.5 Å². The highest BCUT2D eigenvalue weighted by molar-refractivity contribution is 6.07. The second kappa shape index (κ2) is 5.11. The fourth-order valence-corrected chi connectivity index (χ4v) is 2.49. The molecule has 3 rings (SSSR count). The number of ketones is 1. The maximum Gasteiger partial charge on any atom is 0.329 e. The first-order valence-corrected chi connectivity index (χ1v) is 6.86. The van der Waals surface area contributed by atoms with Gasteiger partial charge in [0.25, 0.3) is 11.3 Å². The van der Waals surface area contributed by atoms with Crippen LogP contribution in [0.2, 0.25) is 0 Å². The van der Waals surface area contributed by atoms with Gasteiger partial charge in [0.05, 0.1) is 10.1 Å². The summed E-state index contributed by atoms with van der Waals surface area (Å²) < 4.78 is 1.20. The van der Waals surface area contributed by atoms with Crippen LogP contribution >= 0.6 is 0 Å². The fourth-order valence-electron chi connectivity index (χ4n) is 2.49. The Morgan fingerprint density at radius 2 is 1.77 bits per heavy atom. The Hall–Kier alpha value is -2.95. The molecule has 0 N–H and O–H groups in total. The number of aryl methyl sites for hydroxylation is 1. The molecule has 0 amide bonds. The summed E-state index contributed by atoms with van der Waals surface area (Å²) >= 11 is 0. The van der Waals surface area contributed by atoms with E-state index < -0.39 is 5.78 Å². The van der Waals surface area contributed by atoms with Gasteiger partial charge in [-0.25, -0.2) is 0 Å². The molecule has 3 aromatic rings. The molecule has 0 aliphatic heterocycles. The van der Waals surface area contributed by atoms with E-state index in [0.717, 1.165) is 5.56 Å². The molecular weight excluding hydrogens is 280 g/mol. The lowest BCUT2D eigenvalue weighted by Crippen LogP contribution is -2.30. The van der Waals surface area contributed by atoms with Gasteiger partial charge in [-0.2, -0.15) is 0 Å². The number of rotatable bonds is 2. The van der Waals surface area contributed by atoms with Gasteiger partial charge in [0.15, 0.2) is 0 Å². The van der Waals surface area contributed by atoms with E-state index in [1.165, 1.54) is 6.92 Å². The van der Waals surface area contributed by atoms with E-state index in [4.69, 9.17) is 0 Å². The molecule has 1 heterocycles. The SMILES string of the molecule is Cc1ccc2c(c1)n([O-])c(C)c(C(=O)c1ccccc1)[n+]2=O. The average molecular weight is 294 g/mol. The summed E-state index contributed by atoms with van der Waals surface area (Å²) in [5.41, 5.74) is 1.65. The van der Waals surface area contributed by atoms with Crippen molar-refractivity contribution in [3.05, 3.63) is 81.2 Å². The van der Waals surface area contributed by atoms with Crippen molar-refractivity contribution in [3.8, 4) is 0 Å². The van der Waals surface area contributed by atoms with Gasteiger partial charge in [-0.05, 0) is 25.5 Å². The molecule has 0 bridgehead atoms. The lowest BCUT2D eigenvalue weighted by Gasteiger charge is -2.16. The highest BCUT2D eigenvalue weighted by Gasteiger charge is 2.27. The molecule has 1 aromatic heterocycles. The van der Waals surface area contributed by atoms with Crippen molar-refractivity contribution in [3.63, 3.8) is 0 Å². The zero-order chi connectivity index (χ0) is 15.9. The molecule has 0 atom stereocenters. The van der Waals surface area contributed by atoms with Crippen LogP contribution in [0.15, 0.2) is 48.5 Å². The molecule has 110 valence electrons. The predicted octanol–water partition coefficient (Wildman–Crippen LogP) is 2.75. The van der Waals surface area contributed by atoms with Crippen molar-refractivity contribution >= 4 is 16.8 Å². The highest BCUT2D eigenvalue weighted by atomic mass is 16.5. The number of benzene rings is 2. The standard InChI is InChI=1S/C17H14N2O3/c1-11-8-9-14-15(10-11)18(21)12(2)16(19(14)22)17(20)13-6-4-3-5-7-13/h3-10H,1-2H3. The minimum absolute atomic E-state index is 0.0990. The van der Waals surface area contributed by atoms with Crippen molar-refractivity contribution in [2.45, 2.75) is 13.8 Å². The van der Waals surface area contributed by atoms with Gasteiger partial charge in [-0.3, -0.25) is 4.79 Å². The third kappa shape index (κ3) is 2.07. The molecule has 0 saturated carbocycles. The van der Waals surface area contributed by atoms with E-state index in [2.05, 4.69) is 0 Å². The minimum Gasteiger partial charge on any atom is -0.805 e. The number of carbonyl (C=O) groups is 1. The van der Waals surface area contributed by atoms with E-state index in [9.17, 15) is 14.9 Å². The van der Waals surface area contributed by atoms with Crippen molar-refractivity contribution in [2.75, 3.05) is 0 Å². The summed E-state index contributed by atoms with van der Waals surface area (Å²) in [6, 6.07) is 13.4. The van der Waals surface area contributed by atoms with E-state index >= 15 is 0 Å². The van der Waals surface area contributed by atoms with Crippen LogP contribution in [-0.4, -0.2) is 10.5 Å². The summed E-state index contributed by atoms with van der Waals surface area (Å²) in [7, 11) is 0. The lowest BCUT2D eigenvalue weighted by atomic mass is 10.1. The zero-order valence-corrected chi connectivity index (χ0v) is 12.2. The first-order valence-electron chi connectivity index (χ1n) is 6.86. The summed E-state index contributed by atoms with van der Waals surface area (Å²) in [4.78, 5) is 25.1. The first-order chi connectivity index (χ1) is 10.5. The Morgan fingerprint density at radius 1 is 1.09 bits per heavy atom. The van der Waals surface area contributed by atoms with Gasteiger partial charge < -0.3 is 9.94 Å². The summed E-state index contributed by atoms with van der Waals surface area (Å²) in [6.45, 7) is 3.33. The van der Waals surface area contributed by atoms with E-state index in [-0.39, 0.29) is 22.4 Å². The molecule has 5 nitrogen and oxygen atoms in total. The zero-order valence-electron chi connectivity index (χ0n) is 12.2. The second-order valence-corrected chi connectivity index (χ2v) is 5.21. The lowest BCUT2D eigenvalue weighted by molar-refractivity contribution is -0.468. The van der Waals surface area contributed by atoms with Crippen molar-refractivity contribution in [1.29, 1.82) is 0 Å². The minimum atomic E-state index is -0.458. The topological polar surface area (TPSA) is 68.0 Å².